The minimum Gasteiger partial charge on any atom is -0.497 e. The first kappa shape index (κ1) is 22.7. The molecule has 5 nitrogen and oxygen atoms in total. The van der Waals surface area contributed by atoms with Crippen molar-refractivity contribution < 1.29 is 14.3 Å². The van der Waals surface area contributed by atoms with Crippen LogP contribution in [0, 0.1) is 0 Å². The zero-order valence-electron chi connectivity index (χ0n) is 17.4. The van der Waals surface area contributed by atoms with Crippen molar-refractivity contribution in [2.75, 3.05) is 26.7 Å². The number of hydrogen-bond acceptors (Lipinski definition) is 4. The molecule has 1 aliphatic heterocycles. The molecule has 162 valence electrons. The van der Waals surface area contributed by atoms with Crippen LogP contribution in [0.3, 0.4) is 0 Å². The average Bonchev–Trinajstić information content (AvgIpc) is 2.76. The molecular weight excluding hydrogens is 423 g/mol. The van der Waals surface area contributed by atoms with Crippen LogP contribution in [-0.2, 0) is 4.79 Å². The number of carbonyl (C=O) groups excluding carboxylic acids is 1. The zero-order valence-corrected chi connectivity index (χ0v) is 18.9. The molecule has 2 aromatic carbocycles. The van der Waals surface area contributed by atoms with Crippen molar-refractivity contribution in [3.05, 3.63) is 58.1 Å². The second kappa shape index (κ2) is 10.9. The third kappa shape index (κ3) is 6.03. The number of hydrogen-bond donors (Lipinski definition) is 1. The summed E-state index contributed by atoms with van der Waals surface area (Å²) in [6.45, 7) is 4.27. The van der Waals surface area contributed by atoms with Gasteiger partial charge < -0.3 is 14.8 Å². The Morgan fingerprint density at radius 1 is 1.10 bits per heavy atom. The maximum atomic E-state index is 12.7. The summed E-state index contributed by atoms with van der Waals surface area (Å²) in [6.07, 6.45) is 2.93. The van der Waals surface area contributed by atoms with Crippen molar-refractivity contribution in [1.82, 2.24) is 10.2 Å². The maximum Gasteiger partial charge on any atom is 0.260 e. The summed E-state index contributed by atoms with van der Waals surface area (Å²) < 4.78 is 11.0. The van der Waals surface area contributed by atoms with E-state index in [4.69, 9.17) is 32.7 Å². The Kier molecular flexibility index (Phi) is 8.25. The average molecular weight is 451 g/mol. The Morgan fingerprint density at radius 2 is 1.80 bits per heavy atom. The first-order valence-corrected chi connectivity index (χ1v) is 11.0. The maximum absolute atomic E-state index is 12.7. The summed E-state index contributed by atoms with van der Waals surface area (Å²) >= 11 is 12.1. The van der Waals surface area contributed by atoms with E-state index in [0.717, 1.165) is 24.4 Å². The van der Waals surface area contributed by atoms with Crippen molar-refractivity contribution >= 4 is 29.1 Å². The molecule has 1 N–H and O–H groups in total. The summed E-state index contributed by atoms with van der Waals surface area (Å²) in [5.74, 6) is 1.07. The molecule has 0 spiro atoms. The van der Waals surface area contributed by atoms with Gasteiger partial charge in [-0.1, -0.05) is 41.8 Å². The molecule has 1 fully saturated rings. The molecular formula is C23H28Cl2N2O3. The van der Waals surface area contributed by atoms with Gasteiger partial charge in [-0.05, 0) is 68.8 Å². The van der Waals surface area contributed by atoms with Crippen LogP contribution in [0.25, 0.3) is 0 Å². The Bertz CT molecular complexity index is 839. The predicted octanol–water partition coefficient (Wildman–Crippen LogP) is 5.11. The molecule has 2 atom stereocenters. The first-order chi connectivity index (χ1) is 14.5. The van der Waals surface area contributed by atoms with E-state index < -0.39 is 6.10 Å². The quantitative estimate of drug-likeness (QED) is 0.606. The van der Waals surface area contributed by atoms with Crippen molar-refractivity contribution in [1.29, 1.82) is 0 Å². The van der Waals surface area contributed by atoms with E-state index in [9.17, 15) is 4.79 Å². The fourth-order valence-electron chi connectivity index (χ4n) is 3.67. The number of halogens is 2. The number of benzene rings is 2. The number of rotatable bonds is 8. The predicted molar refractivity (Wildman–Crippen MR) is 121 cm³/mol. The number of amides is 1. The van der Waals surface area contributed by atoms with Crippen LogP contribution < -0.4 is 14.8 Å². The van der Waals surface area contributed by atoms with E-state index in [1.54, 1.807) is 32.2 Å². The molecule has 0 radical (unpaired) electrons. The van der Waals surface area contributed by atoms with Gasteiger partial charge in [0, 0.05) is 11.6 Å². The summed E-state index contributed by atoms with van der Waals surface area (Å²) in [5.41, 5.74) is 1.16. The highest BCUT2D eigenvalue weighted by atomic mass is 35.5. The van der Waals surface area contributed by atoms with Crippen molar-refractivity contribution in [3.63, 3.8) is 0 Å². The molecule has 0 aliphatic carbocycles. The molecule has 1 heterocycles. The van der Waals surface area contributed by atoms with Crippen molar-refractivity contribution in [3.8, 4) is 11.5 Å². The lowest BCUT2D eigenvalue weighted by molar-refractivity contribution is -0.127. The fraction of sp³-hybridized carbons (Fsp3) is 0.435. The highest BCUT2D eigenvalue weighted by Gasteiger charge is 2.24. The molecule has 0 bridgehead atoms. The topological polar surface area (TPSA) is 50.8 Å². The molecule has 0 aromatic heterocycles. The van der Waals surface area contributed by atoms with Gasteiger partial charge in [0.25, 0.3) is 5.91 Å². The third-order valence-corrected chi connectivity index (χ3v) is 5.90. The molecule has 2 aromatic rings. The van der Waals surface area contributed by atoms with E-state index in [1.165, 1.54) is 19.3 Å². The highest BCUT2D eigenvalue weighted by Crippen LogP contribution is 2.29. The number of carbonyl (C=O) groups is 1. The van der Waals surface area contributed by atoms with Gasteiger partial charge in [0.1, 0.15) is 11.5 Å². The monoisotopic (exact) mass is 450 g/mol. The molecule has 2 unspecified atom stereocenters. The summed E-state index contributed by atoms with van der Waals surface area (Å²) in [5, 5.41) is 3.95. The van der Waals surface area contributed by atoms with Crippen molar-refractivity contribution in [2.24, 2.45) is 0 Å². The largest absolute Gasteiger partial charge is 0.497 e. The molecule has 1 saturated heterocycles. The minimum atomic E-state index is -0.679. The Morgan fingerprint density at radius 3 is 2.43 bits per heavy atom. The standard InChI is InChI=1S/C23H28Cl2N2O3/c1-16(30-22-11-8-18(24)14-20(22)25)23(28)26-15-21(27-12-4-3-5-13-27)17-6-9-19(29-2)10-7-17/h6-11,14,16,21H,3-5,12-13,15H2,1-2H3,(H,26,28). The second-order valence-corrected chi connectivity index (χ2v) is 8.31. The highest BCUT2D eigenvalue weighted by molar-refractivity contribution is 6.35. The Labute approximate surface area is 188 Å². The minimum absolute atomic E-state index is 0.103. The van der Waals surface area contributed by atoms with Gasteiger partial charge in [-0.2, -0.15) is 0 Å². The van der Waals surface area contributed by atoms with Gasteiger partial charge in [0.15, 0.2) is 6.10 Å². The van der Waals surface area contributed by atoms with Crippen LogP contribution in [0.2, 0.25) is 10.0 Å². The Balaban J connectivity index is 1.65. The zero-order chi connectivity index (χ0) is 21.5. The molecule has 30 heavy (non-hydrogen) atoms. The number of nitrogens with zero attached hydrogens (tertiary/aromatic N) is 1. The number of likely N-dealkylation sites (tertiary alicyclic amines) is 1. The lowest BCUT2D eigenvalue weighted by Crippen LogP contribution is -2.43. The Hall–Kier alpha value is -1.95. The molecule has 0 saturated carbocycles. The summed E-state index contributed by atoms with van der Waals surface area (Å²) in [6, 6.07) is 13.1. The van der Waals surface area contributed by atoms with Crippen LogP contribution in [0.1, 0.15) is 37.8 Å². The van der Waals surface area contributed by atoms with Gasteiger partial charge >= 0.3 is 0 Å². The number of methoxy groups -OCH3 is 1. The molecule has 1 amide bonds. The van der Waals surface area contributed by atoms with E-state index in [1.807, 2.05) is 12.1 Å². The SMILES string of the molecule is COc1ccc(C(CNC(=O)C(C)Oc2ccc(Cl)cc2Cl)N2CCCCC2)cc1. The second-order valence-electron chi connectivity index (χ2n) is 7.47. The van der Waals surface area contributed by atoms with Gasteiger partial charge in [0.05, 0.1) is 18.2 Å². The first-order valence-electron chi connectivity index (χ1n) is 10.3. The van der Waals surface area contributed by atoms with Crippen LogP contribution >= 0.6 is 23.2 Å². The van der Waals surface area contributed by atoms with Crippen molar-refractivity contribution in [2.45, 2.75) is 38.3 Å². The van der Waals surface area contributed by atoms with E-state index >= 15 is 0 Å². The van der Waals surface area contributed by atoms with Crippen LogP contribution in [-0.4, -0.2) is 43.7 Å². The van der Waals surface area contributed by atoms with Gasteiger partial charge in [-0.3, -0.25) is 9.69 Å². The number of piperidine rings is 1. The van der Waals surface area contributed by atoms with Gasteiger partial charge in [-0.15, -0.1) is 0 Å². The summed E-state index contributed by atoms with van der Waals surface area (Å²) in [4.78, 5) is 15.1. The molecule has 1 aliphatic rings. The van der Waals surface area contributed by atoms with Gasteiger partial charge in [-0.25, -0.2) is 0 Å². The third-order valence-electron chi connectivity index (χ3n) is 5.37. The van der Waals surface area contributed by atoms with Crippen LogP contribution in [0.4, 0.5) is 0 Å². The van der Waals surface area contributed by atoms with E-state index in [-0.39, 0.29) is 11.9 Å². The number of nitrogens with one attached hydrogen (secondary N) is 1. The molecule has 3 rings (SSSR count). The van der Waals surface area contributed by atoms with Gasteiger partial charge in [0.2, 0.25) is 0 Å². The van der Waals surface area contributed by atoms with Crippen LogP contribution in [0.15, 0.2) is 42.5 Å². The smallest absolute Gasteiger partial charge is 0.260 e. The number of ether oxygens (including phenoxy) is 2. The van der Waals surface area contributed by atoms with Crippen LogP contribution in [0.5, 0.6) is 11.5 Å². The fourth-order valence-corrected chi connectivity index (χ4v) is 4.12. The normalized spacial score (nSPS) is 16.5. The summed E-state index contributed by atoms with van der Waals surface area (Å²) in [7, 11) is 1.66. The lowest BCUT2D eigenvalue weighted by Gasteiger charge is -2.35. The lowest BCUT2D eigenvalue weighted by atomic mass is 10.0. The molecule has 7 heteroatoms. The van der Waals surface area contributed by atoms with E-state index in [0.29, 0.717) is 22.3 Å². The van der Waals surface area contributed by atoms with E-state index in [2.05, 4.69) is 22.3 Å².